The van der Waals surface area contributed by atoms with Gasteiger partial charge in [-0.15, -0.1) is 0 Å². The number of unbranched alkanes of at least 4 members (excludes halogenated alkanes) is 8. The second-order valence-corrected chi connectivity index (χ2v) is 5.49. The highest BCUT2D eigenvalue weighted by molar-refractivity contribution is 5.69. The summed E-state index contributed by atoms with van der Waals surface area (Å²) in [6, 6.07) is 0. The van der Waals surface area contributed by atoms with Crippen LogP contribution in [0.1, 0.15) is 90.9 Å². The van der Waals surface area contributed by atoms with Gasteiger partial charge < -0.3 is 4.74 Å². The first-order chi connectivity index (χ1) is 9.81. The number of hydrogen-bond acceptors (Lipinski definition) is 2. The number of carbonyl (C=O) groups excluding carboxylic acids is 1. The van der Waals surface area contributed by atoms with Crippen LogP contribution in [0.15, 0.2) is 12.2 Å². The monoisotopic (exact) mass is 282 g/mol. The summed E-state index contributed by atoms with van der Waals surface area (Å²) in [5.74, 6) is -0.0143. The molecular weight excluding hydrogens is 248 g/mol. The highest BCUT2D eigenvalue weighted by Gasteiger charge is 2.01. The van der Waals surface area contributed by atoms with Crippen LogP contribution < -0.4 is 0 Å². The van der Waals surface area contributed by atoms with Crippen molar-refractivity contribution in [3.8, 4) is 0 Å². The Kier molecular flexibility index (Phi) is 15.6. The minimum absolute atomic E-state index is 0.0143. The third-order valence-electron chi connectivity index (χ3n) is 3.38. The van der Waals surface area contributed by atoms with E-state index in [2.05, 4.69) is 26.0 Å². The van der Waals surface area contributed by atoms with E-state index in [9.17, 15) is 4.79 Å². The molecule has 0 N–H and O–H groups in total. The lowest BCUT2D eigenvalue weighted by atomic mass is 10.1. The number of hydrogen-bond donors (Lipinski definition) is 0. The highest BCUT2D eigenvalue weighted by Crippen LogP contribution is 2.09. The fraction of sp³-hybridized carbons (Fsp3) is 0.833. The molecule has 0 saturated carbocycles. The van der Waals surface area contributed by atoms with Crippen LogP contribution in [0.2, 0.25) is 0 Å². The number of allylic oxidation sites excluding steroid dienone is 2. The molecule has 0 fully saturated rings. The van der Waals surface area contributed by atoms with Crippen molar-refractivity contribution in [3.63, 3.8) is 0 Å². The maximum atomic E-state index is 11.3. The Morgan fingerprint density at radius 3 is 2.15 bits per heavy atom. The molecule has 0 aromatic heterocycles. The van der Waals surface area contributed by atoms with E-state index in [-0.39, 0.29) is 5.97 Å². The van der Waals surface area contributed by atoms with Gasteiger partial charge >= 0.3 is 5.97 Å². The molecular formula is C18H34O2. The Balaban J connectivity index is 3.14. The van der Waals surface area contributed by atoms with Crippen molar-refractivity contribution < 1.29 is 9.53 Å². The van der Waals surface area contributed by atoms with E-state index in [1.54, 1.807) is 0 Å². The van der Waals surface area contributed by atoms with Gasteiger partial charge in [0.2, 0.25) is 0 Å². The van der Waals surface area contributed by atoms with Gasteiger partial charge in [0.1, 0.15) is 0 Å². The van der Waals surface area contributed by atoms with Crippen LogP contribution >= 0.6 is 0 Å². The molecule has 118 valence electrons. The van der Waals surface area contributed by atoms with Gasteiger partial charge in [-0.2, -0.15) is 0 Å². The predicted molar refractivity (Wildman–Crippen MR) is 86.9 cm³/mol. The standard InChI is InChI=1S/C18H34O2/c1-3-5-7-8-9-10-11-12-13-14-15-16-18(19)20-17-6-4-2/h7-8H,3-6,9-17H2,1-2H3/b8-7+. The lowest BCUT2D eigenvalue weighted by Crippen LogP contribution is -2.05. The maximum absolute atomic E-state index is 11.3. The molecule has 0 atom stereocenters. The lowest BCUT2D eigenvalue weighted by Gasteiger charge is -2.03. The first-order valence-corrected chi connectivity index (χ1v) is 8.61. The molecule has 0 unspecified atom stereocenters. The molecule has 0 rings (SSSR count). The molecule has 0 spiro atoms. The van der Waals surface area contributed by atoms with E-state index in [1.807, 2.05) is 0 Å². The summed E-state index contributed by atoms with van der Waals surface area (Å²) in [5.41, 5.74) is 0. The first-order valence-electron chi connectivity index (χ1n) is 8.61. The summed E-state index contributed by atoms with van der Waals surface area (Å²) < 4.78 is 5.13. The average Bonchev–Trinajstić information content (AvgIpc) is 2.45. The van der Waals surface area contributed by atoms with E-state index >= 15 is 0 Å². The van der Waals surface area contributed by atoms with Crippen molar-refractivity contribution in [2.45, 2.75) is 90.9 Å². The van der Waals surface area contributed by atoms with Gasteiger partial charge in [-0.25, -0.2) is 0 Å². The van der Waals surface area contributed by atoms with E-state index in [0.29, 0.717) is 13.0 Å². The lowest BCUT2D eigenvalue weighted by molar-refractivity contribution is -0.143. The van der Waals surface area contributed by atoms with Crippen LogP contribution in [0.5, 0.6) is 0 Å². The van der Waals surface area contributed by atoms with Crippen molar-refractivity contribution in [3.05, 3.63) is 12.2 Å². The van der Waals surface area contributed by atoms with Gasteiger partial charge in [-0.3, -0.25) is 4.79 Å². The van der Waals surface area contributed by atoms with Crippen LogP contribution in [-0.4, -0.2) is 12.6 Å². The fourth-order valence-corrected chi connectivity index (χ4v) is 2.04. The number of carbonyl (C=O) groups is 1. The van der Waals surface area contributed by atoms with Crippen molar-refractivity contribution in [2.24, 2.45) is 0 Å². The Hall–Kier alpha value is -0.790. The van der Waals surface area contributed by atoms with E-state index < -0.39 is 0 Å². The summed E-state index contributed by atoms with van der Waals surface area (Å²) in [5, 5.41) is 0. The summed E-state index contributed by atoms with van der Waals surface area (Å²) in [6.45, 7) is 4.91. The number of ether oxygens (including phenoxy) is 1. The van der Waals surface area contributed by atoms with Gasteiger partial charge in [0.25, 0.3) is 0 Å². The van der Waals surface area contributed by atoms with Crippen LogP contribution in [-0.2, 0) is 9.53 Å². The SMILES string of the molecule is CCC/C=C/CCCCCCCCC(=O)OCCCC. The predicted octanol–water partition coefficient (Wildman–Crippen LogP) is 5.81. The third-order valence-corrected chi connectivity index (χ3v) is 3.38. The Bertz CT molecular complexity index is 234. The Labute approximate surface area is 126 Å². The van der Waals surface area contributed by atoms with Crippen LogP contribution in [0.3, 0.4) is 0 Å². The molecule has 20 heavy (non-hydrogen) atoms. The van der Waals surface area contributed by atoms with E-state index in [1.165, 1.54) is 44.9 Å². The van der Waals surface area contributed by atoms with Gasteiger partial charge in [0.15, 0.2) is 0 Å². The summed E-state index contributed by atoms with van der Waals surface area (Å²) in [7, 11) is 0. The molecule has 0 aliphatic heterocycles. The molecule has 0 radical (unpaired) electrons. The van der Waals surface area contributed by atoms with Crippen LogP contribution in [0, 0.1) is 0 Å². The van der Waals surface area contributed by atoms with Crippen LogP contribution in [0.25, 0.3) is 0 Å². The fourth-order valence-electron chi connectivity index (χ4n) is 2.04. The maximum Gasteiger partial charge on any atom is 0.305 e. The zero-order valence-corrected chi connectivity index (χ0v) is 13.7. The molecule has 0 amide bonds. The van der Waals surface area contributed by atoms with Crippen molar-refractivity contribution in [1.29, 1.82) is 0 Å². The van der Waals surface area contributed by atoms with Crippen molar-refractivity contribution in [1.82, 2.24) is 0 Å². The number of rotatable bonds is 14. The zero-order valence-electron chi connectivity index (χ0n) is 13.7. The molecule has 0 aromatic rings. The Morgan fingerprint density at radius 2 is 1.45 bits per heavy atom. The molecule has 2 nitrogen and oxygen atoms in total. The minimum atomic E-state index is -0.0143. The van der Waals surface area contributed by atoms with Crippen molar-refractivity contribution >= 4 is 5.97 Å². The molecule has 0 bridgehead atoms. The van der Waals surface area contributed by atoms with E-state index in [0.717, 1.165) is 25.7 Å². The summed E-state index contributed by atoms with van der Waals surface area (Å²) in [6.07, 6.45) is 18.3. The molecule has 0 saturated heterocycles. The van der Waals surface area contributed by atoms with Crippen molar-refractivity contribution in [2.75, 3.05) is 6.61 Å². The second-order valence-electron chi connectivity index (χ2n) is 5.49. The van der Waals surface area contributed by atoms with E-state index in [4.69, 9.17) is 4.74 Å². The molecule has 0 heterocycles. The van der Waals surface area contributed by atoms with Gasteiger partial charge in [0.05, 0.1) is 6.61 Å². The van der Waals surface area contributed by atoms with Gasteiger partial charge in [0, 0.05) is 6.42 Å². The third kappa shape index (κ3) is 15.3. The topological polar surface area (TPSA) is 26.3 Å². The average molecular weight is 282 g/mol. The molecule has 2 heteroatoms. The zero-order chi connectivity index (χ0) is 14.9. The quantitative estimate of drug-likeness (QED) is 0.228. The second kappa shape index (κ2) is 16.3. The number of esters is 1. The first kappa shape index (κ1) is 19.2. The van der Waals surface area contributed by atoms with Crippen LogP contribution in [0.4, 0.5) is 0 Å². The smallest absolute Gasteiger partial charge is 0.305 e. The largest absolute Gasteiger partial charge is 0.466 e. The molecule has 0 aromatic carbocycles. The normalized spacial score (nSPS) is 11.1. The molecule has 0 aliphatic carbocycles. The summed E-state index contributed by atoms with van der Waals surface area (Å²) >= 11 is 0. The summed E-state index contributed by atoms with van der Waals surface area (Å²) in [4.78, 5) is 11.3. The Morgan fingerprint density at radius 1 is 0.800 bits per heavy atom. The minimum Gasteiger partial charge on any atom is -0.466 e. The molecule has 0 aliphatic rings. The van der Waals surface area contributed by atoms with Gasteiger partial charge in [-0.05, 0) is 32.1 Å². The van der Waals surface area contributed by atoms with Gasteiger partial charge in [-0.1, -0.05) is 64.5 Å². The highest BCUT2D eigenvalue weighted by atomic mass is 16.5.